The Bertz CT molecular complexity index is 689. The number of hydrogen-bond donors (Lipinski definition) is 1. The first-order valence-corrected chi connectivity index (χ1v) is 8.30. The highest BCUT2D eigenvalue weighted by molar-refractivity contribution is 6.04. The molecule has 2 unspecified atom stereocenters. The summed E-state index contributed by atoms with van der Waals surface area (Å²) >= 11 is 0. The molecule has 0 aromatic heterocycles. The van der Waals surface area contributed by atoms with Gasteiger partial charge in [-0.3, -0.25) is 24.6 Å². The smallest absolute Gasteiger partial charge is 0.273 e. The Morgan fingerprint density at radius 2 is 2.08 bits per heavy atom. The Hall–Kier alpha value is -2.64. The summed E-state index contributed by atoms with van der Waals surface area (Å²) in [7, 11) is 0. The van der Waals surface area contributed by atoms with E-state index in [2.05, 4.69) is 5.32 Å². The van der Waals surface area contributed by atoms with E-state index in [0.717, 1.165) is 6.42 Å². The van der Waals surface area contributed by atoms with Crippen molar-refractivity contribution in [3.8, 4) is 5.75 Å². The van der Waals surface area contributed by atoms with Crippen molar-refractivity contribution >= 4 is 23.2 Å². The number of nitrogens with one attached hydrogen (secondary N) is 1. The van der Waals surface area contributed by atoms with Gasteiger partial charge in [0.25, 0.3) is 11.6 Å². The number of anilines is 1. The van der Waals surface area contributed by atoms with E-state index in [9.17, 15) is 19.7 Å². The molecule has 0 saturated carbocycles. The fourth-order valence-electron chi connectivity index (χ4n) is 2.54. The Morgan fingerprint density at radius 1 is 1.40 bits per heavy atom. The molecule has 1 aliphatic heterocycles. The zero-order chi connectivity index (χ0) is 18.7. The number of fused-ring (bicyclic) bond motifs is 1. The summed E-state index contributed by atoms with van der Waals surface area (Å²) in [6.45, 7) is 7.33. The van der Waals surface area contributed by atoms with Crippen LogP contribution < -0.4 is 15.0 Å². The van der Waals surface area contributed by atoms with Gasteiger partial charge in [0.15, 0.2) is 11.9 Å². The zero-order valence-electron chi connectivity index (χ0n) is 14.8. The van der Waals surface area contributed by atoms with Crippen molar-refractivity contribution in [2.24, 2.45) is 5.92 Å². The van der Waals surface area contributed by atoms with Gasteiger partial charge in [-0.05, 0) is 25.3 Å². The molecule has 1 N–H and O–H groups in total. The van der Waals surface area contributed by atoms with E-state index in [1.165, 1.54) is 23.1 Å². The summed E-state index contributed by atoms with van der Waals surface area (Å²) in [5.74, 6) is -0.504. The topological polar surface area (TPSA) is 102 Å². The van der Waals surface area contributed by atoms with Crippen molar-refractivity contribution < 1.29 is 19.2 Å². The Kier molecular flexibility index (Phi) is 5.61. The number of carbonyl (C=O) groups is 2. The van der Waals surface area contributed by atoms with Crippen LogP contribution >= 0.6 is 0 Å². The fourth-order valence-corrected chi connectivity index (χ4v) is 2.54. The van der Waals surface area contributed by atoms with Crippen molar-refractivity contribution in [3.05, 3.63) is 28.3 Å². The Balaban J connectivity index is 2.35. The average Bonchev–Trinajstić information content (AvgIpc) is 2.56. The summed E-state index contributed by atoms with van der Waals surface area (Å²) in [5, 5.41) is 13.8. The van der Waals surface area contributed by atoms with E-state index in [1.54, 1.807) is 0 Å². The molecule has 8 heteroatoms. The monoisotopic (exact) mass is 349 g/mol. The minimum Gasteiger partial charge on any atom is -0.478 e. The van der Waals surface area contributed by atoms with E-state index < -0.39 is 11.0 Å². The van der Waals surface area contributed by atoms with E-state index >= 15 is 0 Å². The summed E-state index contributed by atoms with van der Waals surface area (Å²) in [4.78, 5) is 36.8. The van der Waals surface area contributed by atoms with Crippen LogP contribution in [0.4, 0.5) is 11.4 Å². The van der Waals surface area contributed by atoms with Gasteiger partial charge in [0.05, 0.1) is 16.7 Å². The number of amides is 2. The summed E-state index contributed by atoms with van der Waals surface area (Å²) in [6.07, 6.45) is -0.00823. The number of hydrogen-bond acceptors (Lipinski definition) is 5. The molecule has 2 amide bonds. The highest BCUT2D eigenvalue weighted by Gasteiger charge is 2.38. The maximum absolute atomic E-state index is 12.7. The highest BCUT2D eigenvalue weighted by atomic mass is 16.6. The molecule has 1 aromatic rings. The van der Waals surface area contributed by atoms with Gasteiger partial charge in [0.1, 0.15) is 6.54 Å². The van der Waals surface area contributed by atoms with E-state index in [4.69, 9.17) is 4.74 Å². The van der Waals surface area contributed by atoms with Crippen LogP contribution in [0.2, 0.25) is 0 Å². The average molecular weight is 349 g/mol. The normalized spacial score (nSPS) is 17.7. The number of ether oxygens (including phenoxy) is 1. The maximum atomic E-state index is 12.7. The van der Waals surface area contributed by atoms with Crippen LogP contribution in [0, 0.1) is 16.0 Å². The third-order valence-electron chi connectivity index (χ3n) is 4.14. The predicted octanol–water partition coefficient (Wildman–Crippen LogP) is 2.26. The summed E-state index contributed by atoms with van der Waals surface area (Å²) in [6, 6.07) is 4.03. The van der Waals surface area contributed by atoms with Gasteiger partial charge < -0.3 is 10.1 Å². The van der Waals surface area contributed by atoms with Gasteiger partial charge in [-0.1, -0.05) is 20.8 Å². The van der Waals surface area contributed by atoms with Crippen LogP contribution in [0.3, 0.4) is 0 Å². The standard InChI is InChI=1S/C17H23N3O5/c1-5-11(4)18-15(21)9-19-13-7-6-12(20(23)24)8-14(13)25-16(10(2)3)17(19)22/h6-8,10-11,16H,5,9H2,1-4H3,(H,18,21). The lowest BCUT2D eigenvalue weighted by Gasteiger charge is -2.35. The molecular formula is C17H23N3O5. The number of nitro groups is 1. The van der Waals surface area contributed by atoms with Crippen molar-refractivity contribution in [2.75, 3.05) is 11.4 Å². The Morgan fingerprint density at radius 3 is 2.64 bits per heavy atom. The van der Waals surface area contributed by atoms with E-state index in [0.29, 0.717) is 5.69 Å². The lowest BCUT2D eigenvalue weighted by atomic mass is 10.0. The van der Waals surface area contributed by atoms with Crippen LogP contribution in [-0.4, -0.2) is 35.4 Å². The van der Waals surface area contributed by atoms with Crippen LogP contribution in [0.25, 0.3) is 0 Å². The first-order valence-electron chi connectivity index (χ1n) is 8.30. The molecule has 8 nitrogen and oxygen atoms in total. The third-order valence-corrected chi connectivity index (χ3v) is 4.14. The second kappa shape index (κ2) is 7.50. The quantitative estimate of drug-likeness (QED) is 0.627. The molecule has 136 valence electrons. The highest BCUT2D eigenvalue weighted by Crippen LogP contribution is 2.38. The molecule has 0 aliphatic carbocycles. The van der Waals surface area contributed by atoms with E-state index in [1.807, 2.05) is 27.7 Å². The third kappa shape index (κ3) is 4.07. The van der Waals surface area contributed by atoms with E-state index in [-0.39, 0.29) is 41.8 Å². The molecule has 2 rings (SSSR count). The number of nitrogens with zero attached hydrogens (tertiary/aromatic N) is 2. The van der Waals surface area contributed by atoms with Crippen molar-refractivity contribution in [1.29, 1.82) is 0 Å². The molecule has 0 bridgehead atoms. The largest absolute Gasteiger partial charge is 0.478 e. The molecule has 0 saturated heterocycles. The van der Waals surface area contributed by atoms with Crippen LogP contribution in [0.15, 0.2) is 18.2 Å². The lowest BCUT2D eigenvalue weighted by molar-refractivity contribution is -0.384. The van der Waals surface area contributed by atoms with Crippen molar-refractivity contribution in [3.63, 3.8) is 0 Å². The number of carbonyl (C=O) groups excluding carboxylic acids is 2. The number of nitro benzene ring substituents is 1. The number of benzene rings is 1. The minimum atomic E-state index is -0.786. The predicted molar refractivity (Wildman–Crippen MR) is 92.6 cm³/mol. The second-order valence-electron chi connectivity index (χ2n) is 6.49. The van der Waals surface area contributed by atoms with Gasteiger partial charge in [0.2, 0.25) is 5.91 Å². The maximum Gasteiger partial charge on any atom is 0.273 e. The SMILES string of the molecule is CCC(C)NC(=O)CN1C(=O)C(C(C)C)Oc2cc([N+](=O)[O-])ccc21. The summed E-state index contributed by atoms with van der Waals surface area (Å²) < 4.78 is 5.68. The first-order chi connectivity index (χ1) is 11.7. The molecule has 0 spiro atoms. The molecule has 2 atom stereocenters. The van der Waals surface area contributed by atoms with Gasteiger partial charge >= 0.3 is 0 Å². The molecule has 0 radical (unpaired) electrons. The zero-order valence-corrected chi connectivity index (χ0v) is 14.8. The minimum absolute atomic E-state index is 0.000805. The van der Waals surface area contributed by atoms with Crippen LogP contribution in [0.1, 0.15) is 34.1 Å². The molecule has 0 fully saturated rings. The van der Waals surface area contributed by atoms with Crippen LogP contribution in [0.5, 0.6) is 5.75 Å². The summed E-state index contributed by atoms with van der Waals surface area (Å²) in [5.41, 5.74) is 0.242. The van der Waals surface area contributed by atoms with Crippen molar-refractivity contribution in [2.45, 2.75) is 46.3 Å². The molecule has 1 aliphatic rings. The lowest BCUT2D eigenvalue weighted by Crippen LogP contribution is -2.52. The second-order valence-corrected chi connectivity index (χ2v) is 6.49. The van der Waals surface area contributed by atoms with Gasteiger partial charge in [0, 0.05) is 12.1 Å². The van der Waals surface area contributed by atoms with Gasteiger partial charge in [-0.25, -0.2) is 0 Å². The number of non-ortho nitro benzene ring substituents is 1. The molecule has 25 heavy (non-hydrogen) atoms. The number of rotatable bonds is 6. The molecule has 1 aromatic carbocycles. The van der Waals surface area contributed by atoms with Crippen LogP contribution in [-0.2, 0) is 9.59 Å². The first kappa shape index (κ1) is 18.7. The van der Waals surface area contributed by atoms with Crippen molar-refractivity contribution in [1.82, 2.24) is 5.32 Å². The fraction of sp³-hybridized carbons (Fsp3) is 0.529. The Labute approximate surface area is 146 Å². The molecule has 1 heterocycles. The van der Waals surface area contributed by atoms with Gasteiger partial charge in [-0.15, -0.1) is 0 Å². The van der Waals surface area contributed by atoms with Gasteiger partial charge in [-0.2, -0.15) is 0 Å². The molecular weight excluding hydrogens is 326 g/mol.